The third kappa shape index (κ3) is 2.58. The van der Waals surface area contributed by atoms with Crippen molar-refractivity contribution in [3.05, 3.63) is 35.9 Å². The minimum atomic E-state index is -0.0542. The summed E-state index contributed by atoms with van der Waals surface area (Å²) < 4.78 is 5.60. The molecule has 1 aromatic rings. The van der Waals surface area contributed by atoms with Gasteiger partial charge in [0, 0.05) is 13.5 Å². The topological polar surface area (TPSA) is 9.23 Å². The lowest BCUT2D eigenvalue weighted by atomic mass is 9.86. The number of rotatable bonds is 4. The molecular formula is C13H20O. The van der Waals surface area contributed by atoms with Crippen molar-refractivity contribution in [2.45, 2.75) is 32.8 Å². The van der Waals surface area contributed by atoms with Gasteiger partial charge in [0.15, 0.2) is 0 Å². The molecule has 0 radical (unpaired) electrons. The van der Waals surface area contributed by atoms with Gasteiger partial charge in [0.25, 0.3) is 0 Å². The Labute approximate surface area is 87.1 Å². The highest BCUT2D eigenvalue weighted by Gasteiger charge is 2.27. The molecule has 0 amide bonds. The van der Waals surface area contributed by atoms with E-state index in [1.54, 1.807) is 7.11 Å². The molecule has 0 N–H and O–H groups in total. The Bertz CT molecular complexity index is 266. The monoisotopic (exact) mass is 192 g/mol. The maximum Gasteiger partial charge on any atom is 0.0713 e. The molecule has 0 fully saturated rings. The highest BCUT2D eigenvalue weighted by molar-refractivity contribution is 5.17. The van der Waals surface area contributed by atoms with Gasteiger partial charge in [-0.3, -0.25) is 0 Å². The first-order valence-corrected chi connectivity index (χ1v) is 5.17. The third-order valence-electron chi connectivity index (χ3n) is 3.09. The smallest absolute Gasteiger partial charge is 0.0713 e. The fourth-order valence-corrected chi connectivity index (χ4v) is 1.51. The average Bonchev–Trinajstić information content (AvgIpc) is 2.19. The molecule has 0 bridgehead atoms. The molecule has 14 heavy (non-hydrogen) atoms. The zero-order valence-electron chi connectivity index (χ0n) is 9.58. The maximum absolute atomic E-state index is 5.60. The van der Waals surface area contributed by atoms with Crippen molar-refractivity contribution in [1.29, 1.82) is 0 Å². The zero-order chi connectivity index (χ0) is 10.6. The van der Waals surface area contributed by atoms with Crippen LogP contribution in [0.5, 0.6) is 0 Å². The van der Waals surface area contributed by atoms with Crippen LogP contribution in [0.15, 0.2) is 30.3 Å². The molecule has 0 aliphatic heterocycles. The van der Waals surface area contributed by atoms with Crippen LogP contribution < -0.4 is 0 Å². The van der Waals surface area contributed by atoms with Crippen LogP contribution in [0, 0.1) is 5.92 Å². The van der Waals surface area contributed by atoms with E-state index in [2.05, 4.69) is 45.0 Å². The summed E-state index contributed by atoms with van der Waals surface area (Å²) >= 11 is 0. The van der Waals surface area contributed by atoms with E-state index >= 15 is 0 Å². The fraction of sp³-hybridized carbons (Fsp3) is 0.538. The van der Waals surface area contributed by atoms with Crippen LogP contribution in [0.1, 0.15) is 26.3 Å². The lowest BCUT2D eigenvalue weighted by Gasteiger charge is -2.32. The average molecular weight is 192 g/mol. The lowest BCUT2D eigenvalue weighted by molar-refractivity contribution is -0.0315. The Balaban J connectivity index is 2.76. The summed E-state index contributed by atoms with van der Waals surface area (Å²) in [4.78, 5) is 0. The Kier molecular flexibility index (Phi) is 3.70. The van der Waals surface area contributed by atoms with Gasteiger partial charge in [0.05, 0.1) is 5.60 Å². The number of hydrogen-bond acceptors (Lipinski definition) is 1. The molecule has 1 aromatic carbocycles. The van der Waals surface area contributed by atoms with E-state index in [0.29, 0.717) is 5.92 Å². The van der Waals surface area contributed by atoms with Crippen molar-refractivity contribution in [2.75, 3.05) is 7.11 Å². The minimum Gasteiger partial charge on any atom is -0.378 e. The molecule has 0 saturated heterocycles. The molecule has 1 rings (SSSR count). The van der Waals surface area contributed by atoms with Gasteiger partial charge < -0.3 is 4.74 Å². The van der Waals surface area contributed by atoms with Crippen LogP contribution in [-0.4, -0.2) is 12.7 Å². The molecule has 1 atom stereocenters. The van der Waals surface area contributed by atoms with Crippen LogP contribution in [0.2, 0.25) is 0 Å². The van der Waals surface area contributed by atoms with E-state index in [-0.39, 0.29) is 5.60 Å². The first kappa shape index (κ1) is 11.3. The largest absolute Gasteiger partial charge is 0.378 e. The van der Waals surface area contributed by atoms with Gasteiger partial charge in [0.1, 0.15) is 0 Å². The summed E-state index contributed by atoms with van der Waals surface area (Å²) in [7, 11) is 1.79. The van der Waals surface area contributed by atoms with Gasteiger partial charge >= 0.3 is 0 Å². The Morgan fingerprint density at radius 2 is 1.79 bits per heavy atom. The predicted octanol–water partition coefficient (Wildman–Crippen LogP) is 3.29. The van der Waals surface area contributed by atoms with Crippen LogP contribution in [0.25, 0.3) is 0 Å². The standard InChI is InChI=1S/C13H20O/c1-11(2)13(3,14-4)10-12-8-6-5-7-9-12/h5-9,11H,10H2,1-4H3. The van der Waals surface area contributed by atoms with Crippen LogP contribution in [-0.2, 0) is 11.2 Å². The highest BCUT2D eigenvalue weighted by atomic mass is 16.5. The van der Waals surface area contributed by atoms with Gasteiger partial charge in [0.2, 0.25) is 0 Å². The SMILES string of the molecule is COC(C)(Cc1ccccc1)C(C)C. The maximum atomic E-state index is 5.60. The van der Waals surface area contributed by atoms with E-state index in [0.717, 1.165) is 6.42 Å². The molecule has 0 aromatic heterocycles. The van der Waals surface area contributed by atoms with Crippen molar-refractivity contribution in [1.82, 2.24) is 0 Å². The van der Waals surface area contributed by atoms with Crippen molar-refractivity contribution in [2.24, 2.45) is 5.92 Å². The van der Waals surface area contributed by atoms with Gasteiger partial charge in [-0.1, -0.05) is 44.2 Å². The van der Waals surface area contributed by atoms with Crippen LogP contribution in [0.4, 0.5) is 0 Å². The molecule has 0 aliphatic carbocycles. The van der Waals surface area contributed by atoms with E-state index in [4.69, 9.17) is 4.74 Å². The first-order chi connectivity index (χ1) is 6.58. The quantitative estimate of drug-likeness (QED) is 0.711. The second-order valence-corrected chi connectivity index (χ2v) is 4.33. The summed E-state index contributed by atoms with van der Waals surface area (Å²) in [6, 6.07) is 10.5. The van der Waals surface area contributed by atoms with Crippen molar-refractivity contribution >= 4 is 0 Å². The highest BCUT2D eigenvalue weighted by Crippen LogP contribution is 2.25. The lowest BCUT2D eigenvalue weighted by Crippen LogP contribution is -2.36. The zero-order valence-corrected chi connectivity index (χ0v) is 9.58. The minimum absolute atomic E-state index is 0.0542. The molecule has 1 heteroatoms. The van der Waals surface area contributed by atoms with Crippen LogP contribution in [0.3, 0.4) is 0 Å². The van der Waals surface area contributed by atoms with Crippen molar-refractivity contribution < 1.29 is 4.74 Å². The van der Waals surface area contributed by atoms with E-state index in [1.807, 2.05) is 6.07 Å². The molecular weight excluding hydrogens is 172 g/mol. The molecule has 0 aliphatic rings. The first-order valence-electron chi connectivity index (χ1n) is 5.17. The summed E-state index contributed by atoms with van der Waals surface area (Å²) in [5.74, 6) is 0.521. The Morgan fingerprint density at radius 1 is 1.21 bits per heavy atom. The molecule has 0 spiro atoms. The number of benzene rings is 1. The van der Waals surface area contributed by atoms with Crippen LogP contribution >= 0.6 is 0 Å². The summed E-state index contributed by atoms with van der Waals surface area (Å²) in [6.07, 6.45) is 0.974. The normalized spacial score (nSPS) is 15.5. The molecule has 1 nitrogen and oxygen atoms in total. The summed E-state index contributed by atoms with van der Waals surface area (Å²) in [5, 5.41) is 0. The fourth-order valence-electron chi connectivity index (χ4n) is 1.51. The van der Waals surface area contributed by atoms with Crippen molar-refractivity contribution in [3.63, 3.8) is 0 Å². The van der Waals surface area contributed by atoms with Gasteiger partial charge in [-0.05, 0) is 18.4 Å². The van der Waals surface area contributed by atoms with E-state index < -0.39 is 0 Å². The summed E-state index contributed by atoms with van der Waals surface area (Å²) in [6.45, 7) is 6.57. The van der Waals surface area contributed by atoms with E-state index in [9.17, 15) is 0 Å². The third-order valence-corrected chi connectivity index (χ3v) is 3.09. The van der Waals surface area contributed by atoms with E-state index in [1.165, 1.54) is 5.56 Å². The Hall–Kier alpha value is -0.820. The number of methoxy groups -OCH3 is 1. The number of hydrogen-bond donors (Lipinski definition) is 0. The second kappa shape index (κ2) is 4.61. The van der Waals surface area contributed by atoms with Gasteiger partial charge in [-0.2, -0.15) is 0 Å². The van der Waals surface area contributed by atoms with Crippen molar-refractivity contribution in [3.8, 4) is 0 Å². The van der Waals surface area contributed by atoms with Gasteiger partial charge in [-0.25, -0.2) is 0 Å². The Morgan fingerprint density at radius 3 is 2.21 bits per heavy atom. The molecule has 0 heterocycles. The second-order valence-electron chi connectivity index (χ2n) is 4.33. The molecule has 0 saturated carbocycles. The summed E-state index contributed by atoms with van der Waals surface area (Å²) in [5.41, 5.74) is 1.28. The predicted molar refractivity (Wildman–Crippen MR) is 60.4 cm³/mol. The number of ether oxygens (including phenoxy) is 1. The van der Waals surface area contributed by atoms with Gasteiger partial charge in [-0.15, -0.1) is 0 Å². The molecule has 1 unspecified atom stereocenters. The molecule has 78 valence electrons.